The maximum atomic E-state index is 5.42. The number of rotatable bonds is 3. The first-order valence-electron chi connectivity index (χ1n) is 6.68. The Hall–Kier alpha value is -0.880. The number of hydrogen-bond acceptors (Lipinski definition) is 5. The summed E-state index contributed by atoms with van der Waals surface area (Å²) in [7, 11) is 0. The van der Waals surface area contributed by atoms with Gasteiger partial charge in [-0.1, -0.05) is 11.2 Å². The van der Waals surface area contributed by atoms with Crippen LogP contribution in [0.4, 0.5) is 0 Å². The predicted octanol–water partition coefficient (Wildman–Crippen LogP) is 3.01. The highest BCUT2D eigenvalue weighted by Gasteiger charge is 2.21. The maximum Gasteiger partial charge on any atom is 0.177 e. The van der Waals surface area contributed by atoms with Crippen molar-refractivity contribution in [1.29, 1.82) is 0 Å². The minimum absolute atomic E-state index is 0. The van der Waals surface area contributed by atoms with Gasteiger partial charge in [-0.15, -0.1) is 23.7 Å². The Labute approximate surface area is 129 Å². The number of piperazine rings is 1. The molecule has 2 aromatic heterocycles. The molecule has 20 heavy (non-hydrogen) atoms. The Kier molecular flexibility index (Phi) is 5.21. The van der Waals surface area contributed by atoms with Crippen molar-refractivity contribution in [3.05, 3.63) is 29.3 Å². The lowest BCUT2D eigenvalue weighted by Gasteiger charge is -2.35. The summed E-state index contributed by atoms with van der Waals surface area (Å²) in [6.07, 6.45) is 0. The molecule has 0 amide bonds. The van der Waals surface area contributed by atoms with Gasteiger partial charge in [0.1, 0.15) is 0 Å². The molecule has 2 atom stereocenters. The summed E-state index contributed by atoms with van der Waals surface area (Å²) in [5, 5.41) is 9.78. The second-order valence-corrected chi connectivity index (χ2v) is 6.27. The lowest BCUT2D eigenvalue weighted by Crippen LogP contribution is -2.53. The molecule has 0 radical (unpaired) electrons. The van der Waals surface area contributed by atoms with Crippen molar-refractivity contribution in [2.75, 3.05) is 13.1 Å². The fraction of sp³-hybridized carbons (Fsp3) is 0.500. The van der Waals surface area contributed by atoms with Gasteiger partial charge >= 0.3 is 0 Å². The number of nitrogens with one attached hydrogen (secondary N) is 1. The number of halogens is 1. The van der Waals surface area contributed by atoms with Gasteiger partial charge in [0, 0.05) is 37.8 Å². The molecule has 0 spiro atoms. The lowest BCUT2D eigenvalue weighted by atomic mass is 10.1. The van der Waals surface area contributed by atoms with E-state index < -0.39 is 0 Å². The van der Waals surface area contributed by atoms with Crippen LogP contribution in [0.5, 0.6) is 0 Å². The number of aromatic nitrogens is 1. The van der Waals surface area contributed by atoms with Crippen molar-refractivity contribution in [3.63, 3.8) is 0 Å². The molecule has 1 N–H and O–H groups in total. The molecule has 0 aromatic carbocycles. The Bertz CT molecular complexity index is 518. The van der Waals surface area contributed by atoms with E-state index in [9.17, 15) is 0 Å². The van der Waals surface area contributed by atoms with Gasteiger partial charge in [0.05, 0.1) is 10.6 Å². The van der Waals surface area contributed by atoms with Crippen molar-refractivity contribution in [1.82, 2.24) is 15.4 Å². The van der Waals surface area contributed by atoms with Gasteiger partial charge in [0.15, 0.2) is 5.76 Å². The molecule has 0 saturated carbocycles. The smallest absolute Gasteiger partial charge is 0.177 e. The van der Waals surface area contributed by atoms with Gasteiger partial charge in [-0.3, -0.25) is 4.90 Å². The van der Waals surface area contributed by atoms with Crippen LogP contribution < -0.4 is 5.32 Å². The van der Waals surface area contributed by atoms with Crippen LogP contribution in [0.25, 0.3) is 10.6 Å². The van der Waals surface area contributed by atoms with Crippen LogP contribution in [0.3, 0.4) is 0 Å². The third kappa shape index (κ3) is 3.61. The zero-order valence-corrected chi connectivity index (χ0v) is 13.3. The molecule has 4 nitrogen and oxygen atoms in total. The van der Waals surface area contributed by atoms with Crippen LogP contribution in [0.15, 0.2) is 28.1 Å². The highest BCUT2D eigenvalue weighted by Crippen LogP contribution is 2.25. The molecule has 1 saturated heterocycles. The van der Waals surface area contributed by atoms with E-state index in [1.54, 1.807) is 11.3 Å². The lowest BCUT2D eigenvalue weighted by molar-refractivity contribution is 0.163. The number of thiophene rings is 1. The molecule has 3 rings (SSSR count). The van der Waals surface area contributed by atoms with E-state index in [1.807, 2.05) is 6.07 Å². The molecule has 2 aromatic rings. The first kappa shape index (κ1) is 15.5. The molecule has 1 aliphatic heterocycles. The van der Waals surface area contributed by atoms with Crippen molar-refractivity contribution < 1.29 is 4.52 Å². The van der Waals surface area contributed by atoms with Crippen LogP contribution in [-0.4, -0.2) is 35.2 Å². The average molecular weight is 314 g/mol. The minimum Gasteiger partial charge on any atom is -0.355 e. The Morgan fingerprint density at radius 2 is 2.15 bits per heavy atom. The summed E-state index contributed by atoms with van der Waals surface area (Å²) in [4.78, 5) is 3.57. The van der Waals surface area contributed by atoms with Gasteiger partial charge in [-0.2, -0.15) is 0 Å². The highest BCUT2D eigenvalue weighted by molar-refractivity contribution is 7.13. The van der Waals surface area contributed by atoms with E-state index in [0.29, 0.717) is 12.1 Å². The van der Waals surface area contributed by atoms with Crippen molar-refractivity contribution in [3.8, 4) is 10.6 Å². The third-order valence-electron chi connectivity index (χ3n) is 3.34. The topological polar surface area (TPSA) is 41.3 Å². The molecule has 0 aliphatic carbocycles. The Morgan fingerprint density at radius 3 is 2.80 bits per heavy atom. The van der Waals surface area contributed by atoms with Crippen LogP contribution in [0.2, 0.25) is 0 Å². The molecular formula is C14H20ClN3OS. The van der Waals surface area contributed by atoms with E-state index in [-0.39, 0.29) is 12.4 Å². The SMILES string of the molecule is CC1CN(Cc2cc(-c3cccs3)on2)CC(C)N1.Cl. The second kappa shape index (κ2) is 6.72. The van der Waals surface area contributed by atoms with Crippen LogP contribution in [-0.2, 0) is 6.54 Å². The molecule has 1 fully saturated rings. The van der Waals surface area contributed by atoms with Crippen molar-refractivity contribution >= 4 is 23.7 Å². The summed E-state index contributed by atoms with van der Waals surface area (Å²) in [5.41, 5.74) is 1.02. The van der Waals surface area contributed by atoms with Crippen LogP contribution in [0.1, 0.15) is 19.5 Å². The first-order valence-corrected chi connectivity index (χ1v) is 7.56. The highest BCUT2D eigenvalue weighted by atomic mass is 35.5. The summed E-state index contributed by atoms with van der Waals surface area (Å²) in [6, 6.07) is 7.22. The molecule has 6 heteroatoms. The first-order chi connectivity index (χ1) is 9.20. The van der Waals surface area contributed by atoms with Crippen molar-refractivity contribution in [2.24, 2.45) is 0 Å². The molecule has 1 aliphatic rings. The van der Waals surface area contributed by atoms with Gasteiger partial charge in [0.25, 0.3) is 0 Å². The minimum atomic E-state index is 0. The van der Waals surface area contributed by atoms with Gasteiger partial charge in [0.2, 0.25) is 0 Å². The van der Waals surface area contributed by atoms with E-state index in [1.165, 1.54) is 0 Å². The monoisotopic (exact) mass is 313 g/mol. The number of nitrogens with zero attached hydrogens (tertiary/aromatic N) is 2. The normalized spacial score (nSPS) is 23.5. The van der Waals surface area contributed by atoms with E-state index in [4.69, 9.17) is 4.52 Å². The summed E-state index contributed by atoms with van der Waals surface area (Å²) >= 11 is 1.68. The fourth-order valence-corrected chi connectivity index (χ4v) is 3.39. The molecule has 2 unspecified atom stereocenters. The third-order valence-corrected chi connectivity index (χ3v) is 4.23. The molecular weight excluding hydrogens is 294 g/mol. The zero-order chi connectivity index (χ0) is 13.2. The summed E-state index contributed by atoms with van der Waals surface area (Å²) in [5.74, 6) is 0.876. The van der Waals surface area contributed by atoms with Gasteiger partial charge < -0.3 is 9.84 Å². The molecule has 3 heterocycles. The second-order valence-electron chi connectivity index (χ2n) is 5.32. The molecule has 0 bridgehead atoms. The van der Waals surface area contributed by atoms with Crippen LogP contribution >= 0.6 is 23.7 Å². The average Bonchev–Trinajstić information content (AvgIpc) is 2.96. The maximum absolute atomic E-state index is 5.42. The zero-order valence-electron chi connectivity index (χ0n) is 11.7. The van der Waals surface area contributed by atoms with E-state index >= 15 is 0 Å². The standard InChI is InChI=1S/C14H19N3OS.ClH/c1-10-7-17(8-11(2)15-10)9-12-6-13(18-16-12)14-4-3-5-19-14;/h3-6,10-11,15H,7-9H2,1-2H3;1H. The predicted molar refractivity (Wildman–Crippen MR) is 84.4 cm³/mol. The fourth-order valence-electron chi connectivity index (χ4n) is 2.72. The van der Waals surface area contributed by atoms with Gasteiger partial charge in [-0.05, 0) is 25.3 Å². The van der Waals surface area contributed by atoms with Crippen molar-refractivity contribution in [2.45, 2.75) is 32.5 Å². The summed E-state index contributed by atoms with van der Waals surface area (Å²) < 4.78 is 5.42. The van der Waals surface area contributed by atoms with Gasteiger partial charge in [-0.25, -0.2) is 0 Å². The summed E-state index contributed by atoms with van der Waals surface area (Å²) in [6.45, 7) is 7.44. The quantitative estimate of drug-likeness (QED) is 0.946. The van der Waals surface area contributed by atoms with E-state index in [2.05, 4.69) is 46.7 Å². The Morgan fingerprint density at radius 1 is 1.40 bits per heavy atom. The largest absolute Gasteiger partial charge is 0.355 e. The van der Waals surface area contributed by atoms with E-state index in [0.717, 1.165) is 36.0 Å². The number of hydrogen-bond donors (Lipinski definition) is 1. The molecule has 110 valence electrons. The van der Waals surface area contributed by atoms with Crippen LogP contribution in [0, 0.1) is 0 Å². The Balaban J connectivity index is 0.00000147.